The SMILES string of the molecule is Nc1cccc(-c2cnc3cc(-c4ccncc4)ccn23)c1. The Kier molecular flexibility index (Phi) is 2.86. The summed E-state index contributed by atoms with van der Waals surface area (Å²) in [6, 6.07) is 16.0. The van der Waals surface area contributed by atoms with Crippen LogP contribution in [-0.2, 0) is 0 Å². The maximum absolute atomic E-state index is 5.87. The topological polar surface area (TPSA) is 56.2 Å². The predicted octanol–water partition coefficient (Wildman–Crippen LogP) is 3.65. The van der Waals surface area contributed by atoms with E-state index in [1.54, 1.807) is 12.4 Å². The number of rotatable bonds is 2. The third-order valence-electron chi connectivity index (χ3n) is 3.71. The lowest BCUT2D eigenvalue weighted by Gasteiger charge is -2.05. The number of nitrogens with two attached hydrogens (primary N) is 1. The maximum atomic E-state index is 5.87. The van der Waals surface area contributed by atoms with Crippen molar-refractivity contribution in [3.8, 4) is 22.4 Å². The van der Waals surface area contributed by atoms with Crippen molar-refractivity contribution in [2.75, 3.05) is 5.73 Å². The predicted molar refractivity (Wildman–Crippen MR) is 88.3 cm³/mol. The summed E-state index contributed by atoms with van der Waals surface area (Å²) in [7, 11) is 0. The van der Waals surface area contributed by atoms with E-state index in [1.807, 2.05) is 48.8 Å². The maximum Gasteiger partial charge on any atom is 0.137 e. The summed E-state index contributed by atoms with van der Waals surface area (Å²) < 4.78 is 2.07. The molecule has 0 unspecified atom stereocenters. The Hall–Kier alpha value is -3.14. The Morgan fingerprint density at radius 1 is 0.864 bits per heavy atom. The lowest BCUT2D eigenvalue weighted by molar-refractivity contribution is 1.19. The van der Waals surface area contributed by atoms with Crippen molar-refractivity contribution in [3.63, 3.8) is 0 Å². The monoisotopic (exact) mass is 286 g/mol. The summed E-state index contributed by atoms with van der Waals surface area (Å²) in [6.45, 7) is 0. The molecule has 0 spiro atoms. The van der Waals surface area contributed by atoms with E-state index in [9.17, 15) is 0 Å². The molecule has 3 heterocycles. The molecule has 4 heteroatoms. The van der Waals surface area contributed by atoms with E-state index in [2.05, 4.69) is 26.5 Å². The molecule has 1 aromatic carbocycles. The smallest absolute Gasteiger partial charge is 0.137 e. The minimum atomic E-state index is 0.751. The van der Waals surface area contributed by atoms with Crippen LogP contribution in [-0.4, -0.2) is 14.4 Å². The molecule has 4 aromatic rings. The lowest BCUT2D eigenvalue weighted by atomic mass is 10.1. The number of nitrogens with zero attached hydrogens (tertiary/aromatic N) is 3. The summed E-state index contributed by atoms with van der Waals surface area (Å²) in [4.78, 5) is 8.57. The van der Waals surface area contributed by atoms with Gasteiger partial charge in [-0.1, -0.05) is 12.1 Å². The van der Waals surface area contributed by atoms with Gasteiger partial charge in [0.2, 0.25) is 0 Å². The quantitative estimate of drug-likeness (QED) is 0.572. The fraction of sp³-hybridized carbons (Fsp3) is 0. The first-order valence-electron chi connectivity index (χ1n) is 7.05. The third kappa shape index (κ3) is 2.11. The molecule has 0 radical (unpaired) electrons. The minimum Gasteiger partial charge on any atom is -0.399 e. The number of nitrogen functional groups attached to an aromatic ring is 1. The van der Waals surface area contributed by atoms with Crippen molar-refractivity contribution in [2.24, 2.45) is 0 Å². The minimum absolute atomic E-state index is 0.751. The Labute approximate surface area is 127 Å². The first-order chi connectivity index (χ1) is 10.8. The molecule has 0 aliphatic rings. The van der Waals surface area contributed by atoms with Crippen LogP contribution in [0.2, 0.25) is 0 Å². The number of hydrogen-bond acceptors (Lipinski definition) is 3. The summed E-state index contributed by atoms with van der Waals surface area (Å²) in [5.41, 5.74) is 11.9. The van der Waals surface area contributed by atoms with Gasteiger partial charge in [0.25, 0.3) is 0 Å². The summed E-state index contributed by atoms with van der Waals surface area (Å²) >= 11 is 0. The number of imidazole rings is 1. The number of aromatic nitrogens is 3. The Morgan fingerprint density at radius 2 is 1.73 bits per heavy atom. The fourth-order valence-corrected chi connectivity index (χ4v) is 2.62. The molecular formula is C18H14N4. The van der Waals surface area contributed by atoms with E-state index in [1.165, 1.54) is 0 Å². The largest absolute Gasteiger partial charge is 0.399 e. The highest BCUT2D eigenvalue weighted by atomic mass is 15.0. The van der Waals surface area contributed by atoms with Crippen molar-refractivity contribution in [1.82, 2.24) is 14.4 Å². The van der Waals surface area contributed by atoms with Gasteiger partial charge in [-0.25, -0.2) is 4.98 Å². The van der Waals surface area contributed by atoms with Gasteiger partial charge in [0.1, 0.15) is 5.65 Å². The van der Waals surface area contributed by atoms with Crippen LogP contribution in [0.3, 0.4) is 0 Å². The van der Waals surface area contributed by atoms with Crippen LogP contribution in [0.5, 0.6) is 0 Å². The molecule has 106 valence electrons. The van der Waals surface area contributed by atoms with E-state index in [-0.39, 0.29) is 0 Å². The number of benzene rings is 1. The van der Waals surface area contributed by atoms with Gasteiger partial charge in [-0.3, -0.25) is 9.38 Å². The molecule has 0 saturated heterocycles. The number of pyridine rings is 2. The Balaban J connectivity index is 1.84. The van der Waals surface area contributed by atoms with Crippen molar-refractivity contribution < 1.29 is 0 Å². The summed E-state index contributed by atoms with van der Waals surface area (Å²) in [5.74, 6) is 0. The average Bonchev–Trinajstić information content (AvgIpc) is 2.99. The van der Waals surface area contributed by atoms with Crippen LogP contribution in [0.15, 0.2) is 73.3 Å². The van der Waals surface area contributed by atoms with Gasteiger partial charge in [-0.15, -0.1) is 0 Å². The highest BCUT2D eigenvalue weighted by molar-refractivity contribution is 5.71. The van der Waals surface area contributed by atoms with Crippen LogP contribution in [0, 0.1) is 0 Å². The number of fused-ring (bicyclic) bond motifs is 1. The van der Waals surface area contributed by atoms with Crippen molar-refractivity contribution >= 4 is 11.3 Å². The number of hydrogen-bond donors (Lipinski definition) is 1. The van der Waals surface area contributed by atoms with Crippen LogP contribution in [0.25, 0.3) is 28.0 Å². The Morgan fingerprint density at radius 3 is 2.55 bits per heavy atom. The highest BCUT2D eigenvalue weighted by Crippen LogP contribution is 2.25. The fourth-order valence-electron chi connectivity index (χ4n) is 2.62. The zero-order chi connectivity index (χ0) is 14.9. The van der Waals surface area contributed by atoms with Crippen molar-refractivity contribution in [3.05, 3.63) is 73.3 Å². The molecule has 2 N–H and O–H groups in total. The van der Waals surface area contributed by atoms with E-state index < -0.39 is 0 Å². The van der Waals surface area contributed by atoms with Gasteiger partial charge < -0.3 is 5.73 Å². The molecule has 0 aliphatic heterocycles. The molecule has 0 atom stereocenters. The molecule has 4 rings (SSSR count). The summed E-state index contributed by atoms with van der Waals surface area (Å²) in [6.07, 6.45) is 7.50. The zero-order valence-electron chi connectivity index (χ0n) is 11.8. The molecule has 0 saturated carbocycles. The number of anilines is 1. The van der Waals surface area contributed by atoms with Gasteiger partial charge in [0.15, 0.2) is 0 Å². The van der Waals surface area contributed by atoms with Crippen molar-refractivity contribution in [1.29, 1.82) is 0 Å². The first kappa shape index (κ1) is 12.6. The van der Waals surface area contributed by atoms with Crippen LogP contribution in [0.4, 0.5) is 5.69 Å². The lowest BCUT2D eigenvalue weighted by Crippen LogP contribution is -1.90. The third-order valence-corrected chi connectivity index (χ3v) is 3.71. The zero-order valence-corrected chi connectivity index (χ0v) is 11.8. The molecule has 3 aromatic heterocycles. The van der Waals surface area contributed by atoms with Crippen molar-refractivity contribution in [2.45, 2.75) is 0 Å². The second kappa shape index (κ2) is 5.00. The first-order valence-corrected chi connectivity index (χ1v) is 7.05. The van der Waals surface area contributed by atoms with E-state index in [4.69, 9.17) is 5.73 Å². The molecule has 22 heavy (non-hydrogen) atoms. The highest BCUT2D eigenvalue weighted by Gasteiger charge is 2.07. The molecule has 0 aliphatic carbocycles. The van der Waals surface area contributed by atoms with Gasteiger partial charge in [0, 0.05) is 29.8 Å². The second-order valence-corrected chi connectivity index (χ2v) is 5.15. The van der Waals surface area contributed by atoms with Crippen LogP contribution >= 0.6 is 0 Å². The Bertz CT molecular complexity index is 942. The summed E-state index contributed by atoms with van der Waals surface area (Å²) in [5, 5.41) is 0. The molecular weight excluding hydrogens is 272 g/mol. The molecule has 0 bridgehead atoms. The van der Waals surface area contributed by atoms with Gasteiger partial charge >= 0.3 is 0 Å². The average molecular weight is 286 g/mol. The van der Waals surface area contributed by atoms with E-state index in [0.29, 0.717) is 0 Å². The van der Waals surface area contributed by atoms with Crippen LogP contribution in [0.1, 0.15) is 0 Å². The standard InChI is InChI=1S/C18H14N4/c19-16-3-1-2-15(10-16)17-12-21-18-11-14(6-9-22(17)18)13-4-7-20-8-5-13/h1-12H,19H2. The van der Waals surface area contributed by atoms with E-state index in [0.717, 1.165) is 33.7 Å². The van der Waals surface area contributed by atoms with Gasteiger partial charge in [-0.2, -0.15) is 0 Å². The normalized spacial score (nSPS) is 10.9. The second-order valence-electron chi connectivity index (χ2n) is 5.15. The van der Waals surface area contributed by atoms with Gasteiger partial charge in [-0.05, 0) is 47.5 Å². The molecule has 4 nitrogen and oxygen atoms in total. The van der Waals surface area contributed by atoms with Crippen LogP contribution < -0.4 is 5.73 Å². The van der Waals surface area contributed by atoms with Gasteiger partial charge in [0.05, 0.1) is 11.9 Å². The molecule has 0 fully saturated rings. The van der Waals surface area contributed by atoms with E-state index >= 15 is 0 Å². The molecule has 0 amide bonds.